The first-order valence-corrected chi connectivity index (χ1v) is 6.25. The number of aliphatic hydroxyl groups excluding tert-OH is 1. The minimum atomic E-state index is -0.503. The Kier molecular flexibility index (Phi) is 2.88. The molecule has 2 heteroatoms. The second kappa shape index (κ2) is 4.54. The van der Waals surface area contributed by atoms with Crippen molar-refractivity contribution in [3.8, 4) is 0 Å². The van der Waals surface area contributed by atoms with E-state index in [9.17, 15) is 9.50 Å². The predicted octanol–water partition coefficient (Wildman–Crippen LogP) is 3.07. The van der Waals surface area contributed by atoms with Crippen LogP contribution in [0.2, 0.25) is 0 Å². The fourth-order valence-electron chi connectivity index (χ4n) is 2.67. The van der Waals surface area contributed by atoms with Crippen molar-refractivity contribution in [1.82, 2.24) is 0 Å². The SMILES string of the molecule is OC(Cc1ccccc1F)C1Cc2ccccc21. The lowest BCUT2D eigenvalue weighted by Crippen LogP contribution is -2.30. The summed E-state index contributed by atoms with van der Waals surface area (Å²) in [5.74, 6) is -0.0787. The molecule has 18 heavy (non-hydrogen) atoms. The highest BCUT2D eigenvalue weighted by Crippen LogP contribution is 2.38. The van der Waals surface area contributed by atoms with Gasteiger partial charge in [0.25, 0.3) is 0 Å². The van der Waals surface area contributed by atoms with Crippen LogP contribution in [0.1, 0.15) is 22.6 Å². The summed E-state index contributed by atoms with van der Waals surface area (Å²) in [7, 11) is 0. The maximum atomic E-state index is 13.5. The number of benzene rings is 2. The van der Waals surface area contributed by atoms with Crippen LogP contribution in [-0.2, 0) is 12.8 Å². The third-order valence-corrected chi connectivity index (χ3v) is 3.75. The van der Waals surface area contributed by atoms with Crippen LogP contribution in [0, 0.1) is 5.82 Å². The lowest BCUT2D eigenvalue weighted by atomic mass is 9.73. The van der Waals surface area contributed by atoms with Crippen molar-refractivity contribution >= 4 is 0 Å². The zero-order valence-corrected chi connectivity index (χ0v) is 10.0. The van der Waals surface area contributed by atoms with Gasteiger partial charge in [0, 0.05) is 12.3 Å². The van der Waals surface area contributed by atoms with Crippen LogP contribution in [0.3, 0.4) is 0 Å². The van der Waals surface area contributed by atoms with Crippen molar-refractivity contribution in [1.29, 1.82) is 0 Å². The smallest absolute Gasteiger partial charge is 0.126 e. The van der Waals surface area contributed by atoms with Gasteiger partial charge in [-0.15, -0.1) is 0 Å². The Labute approximate surface area is 106 Å². The summed E-state index contributed by atoms with van der Waals surface area (Å²) in [5, 5.41) is 10.2. The Morgan fingerprint density at radius 2 is 1.83 bits per heavy atom. The predicted molar refractivity (Wildman–Crippen MR) is 69.0 cm³/mol. The van der Waals surface area contributed by atoms with Gasteiger partial charge in [-0.3, -0.25) is 0 Å². The lowest BCUT2D eigenvalue weighted by Gasteiger charge is -2.34. The maximum Gasteiger partial charge on any atom is 0.126 e. The van der Waals surface area contributed by atoms with E-state index in [1.54, 1.807) is 18.2 Å². The highest BCUT2D eigenvalue weighted by atomic mass is 19.1. The summed E-state index contributed by atoms with van der Waals surface area (Å²) in [5.41, 5.74) is 3.10. The fraction of sp³-hybridized carbons (Fsp3) is 0.250. The van der Waals surface area contributed by atoms with E-state index in [1.807, 2.05) is 18.2 Å². The minimum absolute atomic E-state index is 0.154. The van der Waals surface area contributed by atoms with Crippen molar-refractivity contribution in [3.63, 3.8) is 0 Å². The summed E-state index contributed by atoms with van der Waals surface area (Å²) >= 11 is 0. The fourth-order valence-corrected chi connectivity index (χ4v) is 2.67. The normalized spacial score (nSPS) is 18.9. The first-order chi connectivity index (χ1) is 8.75. The second-order valence-electron chi connectivity index (χ2n) is 4.87. The molecular formula is C16H15FO. The molecule has 2 unspecified atom stereocenters. The third kappa shape index (κ3) is 1.93. The van der Waals surface area contributed by atoms with E-state index in [0.29, 0.717) is 12.0 Å². The molecule has 1 N–H and O–H groups in total. The van der Waals surface area contributed by atoms with Gasteiger partial charge >= 0.3 is 0 Å². The number of fused-ring (bicyclic) bond motifs is 1. The molecule has 0 amide bonds. The molecule has 92 valence electrons. The van der Waals surface area contributed by atoms with E-state index in [-0.39, 0.29) is 11.7 Å². The van der Waals surface area contributed by atoms with E-state index in [0.717, 1.165) is 6.42 Å². The molecule has 1 nitrogen and oxygen atoms in total. The number of hydrogen-bond donors (Lipinski definition) is 1. The Morgan fingerprint density at radius 1 is 1.11 bits per heavy atom. The molecule has 0 saturated heterocycles. The minimum Gasteiger partial charge on any atom is -0.392 e. The third-order valence-electron chi connectivity index (χ3n) is 3.75. The highest BCUT2D eigenvalue weighted by molar-refractivity contribution is 5.41. The zero-order valence-electron chi connectivity index (χ0n) is 10.0. The molecule has 2 atom stereocenters. The maximum absolute atomic E-state index is 13.5. The van der Waals surface area contributed by atoms with Crippen LogP contribution >= 0.6 is 0 Å². The van der Waals surface area contributed by atoms with Gasteiger partial charge in [-0.25, -0.2) is 4.39 Å². The quantitative estimate of drug-likeness (QED) is 0.877. The Bertz CT molecular complexity index is 565. The molecule has 0 aromatic heterocycles. The number of aliphatic hydroxyl groups is 1. The first-order valence-electron chi connectivity index (χ1n) is 6.25. The van der Waals surface area contributed by atoms with Crippen molar-refractivity contribution < 1.29 is 9.50 Å². The van der Waals surface area contributed by atoms with Gasteiger partial charge in [0.1, 0.15) is 5.82 Å². The molecule has 2 aromatic carbocycles. The molecule has 0 spiro atoms. The molecule has 3 rings (SSSR count). The van der Waals surface area contributed by atoms with Crippen molar-refractivity contribution in [2.75, 3.05) is 0 Å². The summed E-state index contributed by atoms with van der Waals surface area (Å²) < 4.78 is 13.5. The van der Waals surface area contributed by atoms with Crippen LogP contribution < -0.4 is 0 Å². The first kappa shape index (κ1) is 11.4. The average molecular weight is 242 g/mol. The Hall–Kier alpha value is -1.67. The van der Waals surface area contributed by atoms with Crippen LogP contribution in [0.4, 0.5) is 4.39 Å². The molecule has 0 fully saturated rings. The molecule has 0 heterocycles. The Morgan fingerprint density at radius 3 is 2.61 bits per heavy atom. The van der Waals surface area contributed by atoms with Crippen molar-refractivity contribution in [3.05, 3.63) is 71.0 Å². The molecule has 2 aromatic rings. The van der Waals surface area contributed by atoms with Crippen LogP contribution in [0.25, 0.3) is 0 Å². The molecule has 0 bridgehead atoms. The molecule has 1 aliphatic rings. The van der Waals surface area contributed by atoms with Gasteiger partial charge < -0.3 is 5.11 Å². The van der Waals surface area contributed by atoms with Crippen LogP contribution in [-0.4, -0.2) is 11.2 Å². The number of halogens is 1. The van der Waals surface area contributed by atoms with E-state index in [2.05, 4.69) is 6.07 Å². The number of rotatable bonds is 3. The van der Waals surface area contributed by atoms with Crippen LogP contribution in [0.15, 0.2) is 48.5 Å². The van der Waals surface area contributed by atoms with Gasteiger partial charge in [-0.1, -0.05) is 42.5 Å². The summed E-state index contributed by atoms with van der Waals surface area (Å²) in [4.78, 5) is 0. The lowest BCUT2D eigenvalue weighted by molar-refractivity contribution is 0.132. The second-order valence-corrected chi connectivity index (χ2v) is 4.87. The van der Waals surface area contributed by atoms with Crippen LogP contribution in [0.5, 0.6) is 0 Å². The van der Waals surface area contributed by atoms with Gasteiger partial charge in [0.05, 0.1) is 6.10 Å². The molecule has 0 saturated carbocycles. The highest BCUT2D eigenvalue weighted by Gasteiger charge is 2.31. The van der Waals surface area contributed by atoms with E-state index < -0.39 is 6.10 Å². The Balaban J connectivity index is 1.75. The van der Waals surface area contributed by atoms with E-state index in [4.69, 9.17) is 0 Å². The van der Waals surface area contributed by atoms with E-state index >= 15 is 0 Å². The van der Waals surface area contributed by atoms with Gasteiger partial charge in [0.15, 0.2) is 0 Å². The molecule has 0 radical (unpaired) electrons. The summed E-state index contributed by atoms with van der Waals surface area (Å²) in [6.07, 6.45) is 0.772. The van der Waals surface area contributed by atoms with Gasteiger partial charge in [-0.2, -0.15) is 0 Å². The molecule has 1 aliphatic carbocycles. The van der Waals surface area contributed by atoms with E-state index in [1.165, 1.54) is 17.2 Å². The van der Waals surface area contributed by atoms with Crippen molar-refractivity contribution in [2.45, 2.75) is 24.9 Å². The zero-order chi connectivity index (χ0) is 12.5. The van der Waals surface area contributed by atoms with Crippen molar-refractivity contribution in [2.24, 2.45) is 0 Å². The summed E-state index contributed by atoms with van der Waals surface area (Å²) in [6, 6.07) is 14.8. The monoisotopic (exact) mass is 242 g/mol. The average Bonchev–Trinajstić information content (AvgIpc) is 2.34. The topological polar surface area (TPSA) is 20.2 Å². The largest absolute Gasteiger partial charge is 0.392 e. The standard InChI is InChI=1S/C16H15FO/c17-15-8-4-2-6-12(15)10-16(18)14-9-11-5-1-3-7-13(11)14/h1-8,14,16,18H,9-10H2. The summed E-state index contributed by atoms with van der Waals surface area (Å²) in [6.45, 7) is 0. The van der Waals surface area contributed by atoms with Gasteiger partial charge in [0.2, 0.25) is 0 Å². The van der Waals surface area contributed by atoms with Gasteiger partial charge in [-0.05, 0) is 29.2 Å². The molecule has 0 aliphatic heterocycles. The number of hydrogen-bond acceptors (Lipinski definition) is 1. The molecular weight excluding hydrogens is 227 g/mol.